The molecule has 1 N–H and O–H groups in total. The third kappa shape index (κ3) is 2.46. The van der Waals surface area contributed by atoms with Crippen LogP contribution in [-0.2, 0) is 0 Å². The summed E-state index contributed by atoms with van der Waals surface area (Å²) >= 11 is 1.41. The summed E-state index contributed by atoms with van der Waals surface area (Å²) in [6, 6.07) is 5.78. The zero-order valence-electron chi connectivity index (χ0n) is 9.15. The van der Waals surface area contributed by atoms with Crippen LogP contribution >= 0.6 is 11.3 Å². The van der Waals surface area contributed by atoms with Gasteiger partial charge in [0.15, 0.2) is 5.13 Å². The van der Waals surface area contributed by atoms with E-state index in [0.717, 1.165) is 11.1 Å². The molecule has 0 atom stereocenters. The van der Waals surface area contributed by atoms with Crippen LogP contribution in [0.2, 0.25) is 0 Å². The zero-order valence-corrected chi connectivity index (χ0v) is 9.97. The maximum atomic E-state index is 11.9. The molecular formula is C12H12N2OS. The second-order valence-corrected chi connectivity index (χ2v) is 4.56. The lowest BCUT2D eigenvalue weighted by molar-refractivity contribution is 0.102. The molecule has 2 aromatic rings. The number of rotatable bonds is 2. The van der Waals surface area contributed by atoms with E-state index in [2.05, 4.69) is 10.3 Å². The molecule has 0 saturated heterocycles. The molecule has 1 amide bonds. The van der Waals surface area contributed by atoms with Gasteiger partial charge in [-0.15, -0.1) is 11.3 Å². The average molecular weight is 232 g/mol. The second kappa shape index (κ2) is 4.45. The summed E-state index contributed by atoms with van der Waals surface area (Å²) in [5.41, 5.74) is 2.85. The number of aromatic nitrogens is 1. The Kier molecular flexibility index (Phi) is 3.01. The SMILES string of the molecule is Cc1cc(C)cc(C(=O)Nc2nccs2)c1. The fourth-order valence-corrected chi connectivity index (χ4v) is 2.08. The van der Waals surface area contributed by atoms with E-state index in [-0.39, 0.29) is 5.91 Å². The maximum Gasteiger partial charge on any atom is 0.257 e. The van der Waals surface area contributed by atoms with Crippen LogP contribution in [0.4, 0.5) is 5.13 Å². The summed E-state index contributed by atoms with van der Waals surface area (Å²) in [7, 11) is 0. The van der Waals surface area contributed by atoms with Gasteiger partial charge in [-0.25, -0.2) is 4.98 Å². The quantitative estimate of drug-likeness (QED) is 0.864. The first kappa shape index (κ1) is 10.8. The number of anilines is 1. The van der Waals surface area contributed by atoms with Crippen LogP contribution in [0.25, 0.3) is 0 Å². The molecule has 4 heteroatoms. The van der Waals surface area contributed by atoms with E-state index in [9.17, 15) is 4.79 Å². The van der Waals surface area contributed by atoms with E-state index < -0.39 is 0 Å². The van der Waals surface area contributed by atoms with Gasteiger partial charge in [-0.05, 0) is 26.0 Å². The topological polar surface area (TPSA) is 42.0 Å². The van der Waals surface area contributed by atoms with Crippen molar-refractivity contribution in [3.8, 4) is 0 Å². The Morgan fingerprint density at radius 1 is 1.25 bits per heavy atom. The van der Waals surface area contributed by atoms with Crippen molar-refractivity contribution in [1.29, 1.82) is 0 Å². The normalized spacial score (nSPS) is 10.1. The molecule has 0 unspecified atom stereocenters. The molecule has 2 rings (SSSR count). The Morgan fingerprint density at radius 3 is 2.50 bits per heavy atom. The van der Waals surface area contributed by atoms with Gasteiger partial charge in [0.2, 0.25) is 0 Å². The monoisotopic (exact) mass is 232 g/mol. The summed E-state index contributed by atoms with van der Waals surface area (Å²) in [4.78, 5) is 15.9. The van der Waals surface area contributed by atoms with Gasteiger partial charge in [-0.1, -0.05) is 17.2 Å². The van der Waals surface area contributed by atoms with Crippen LogP contribution in [-0.4, -0.2) is 10.9 Å². The van der Waals surface area contributed by atoms with Gasteiger partial charge in [-0.2, -0.15) is 0 Å². The third-order valence-corrected chi connectivity index (χ3v) is 2.83. The predicted molar refractivity (Wildman–Crippen MR) is 66.0 cm³/mol. The van der Waals surface area contributed by atoms with Gasteiger partial charge in [0, 0.05) is 17.1 Å². The van der Waals surface area contributed by atoms with Gasteiger partial charge < -0.3 is 0 Å². The van der Waals surface area contributed by atoms with Crippen LogP contribution in [0.5, 0.6) is 0 Å². The Balaban J connectivity index is 2.21. The van der Waals surface area contributed by atoms with Crippen LogP contribution < -0.4 is 5.32 Å². The molecule has 82 valence electrons. The molecule has 0 aliphatic carbocycles. The number of carbonyl (C=O) groups is 1. The highest BCUT2D eigenvalue weighted by atomic mass is 32.1. The van der Waals surface area contributed by atoms with Crippen molar-refractivity contribution in [2.75, 3.05) is 5.32 Å². The number of thiazole rings is 1. The van der Waals surface area contributed by atoms with Crippen molar-refractivity contribution in [2.45, 2.75) is 13.8 Å². The molecule has 16 heavy (non-hydrogen) atoms. The van der Waals surface area contributed by atoms with Gasteiger partial charge in [0.25, 0.3) is 5.91 Å². The first-order chi connectivity index (χ1) is 7.65. The number of aryl methyl sites for hydroxylation is 2. The van der Waals surface area contributed by atoms with E-state index in [0.29, 0.717) is 10.7 Å². The van der Waals surface area contributed by atoms with Gasteiger partial charge in [0.1, 0.15) is 0 Å². The minimum absolute atomic E-state index is 0.109. The van der Waals surface area contributed by atoms with Crippen LogP contribution in [0, 0.1) is 13.8 Å². The van der Waals surface area contributed by atoms with Crippen LogP contribution in [0.3, 0.4) is 0 Å². The van der Waals surface area contributed by atoms with E-state index in [1.54, 1.807) is 6.20 Å². The van der Waals surface area contributed by atoms with E-state index in [4.69, 9.17) is 0 Å². The summed E-state index contributed by atoms with van der Waals surface area (Å²) in [5, 5.41) is 5.22. The summed E-state index contributed by atoms with van der Waals surface area (Å²) < 4.78 is 0. The highest BCUT2D eigenvalue weighted by Crippen LogP contribution is 2.14. The fourth-order valence-electron chi connectivity index (χ4n) is 1.56. The van der Waals surface area contributed by atoms with Crippen LogP contribution in [0.1, 0.15) is 21.5 Å². The smallest absolute Gasteiger partial charge is 0.257 e. The molecule has 1 aromatic carbocycles. The summed E-state index contributed by atoms with van der Waals surface area (Å²) in [5.74, 6) is -0.109. The molecule has 0 bridgehead atoms. The number of nitrogens with one attached hydrogen (secondary N) is 1. The van der Waals surface area contributed by atoms with E-state index >= 15 is 0 Å². The van der Waals surface area contributed by atoms with Crippen molar-refractivity contribution >= 4 is 22.4 Å². The lowest BCUT2D eigenvalue weighted by Crippen LogP contribution is -2.11. The van der Waals surface area contributed by atoms with Crippen molar-refractivity contribution in [1.82, 2.24) is 4.98 Å². The minimum atomic E-state index is -0.109. The van der Waals surface area contributed by atoms with Crippen LogP contribution in [0.15, 0.2) is 29.8 Å². The number of carbonyl (C=O) groups excluding carboxylic acids is 1. The fraction of sp³-hybridized carbons (Fsp3) is 0.167. The Bertz CT molecular complexity index is 485. The van der Waals surface area contributed by atoms with Gasteiger partial charge >= 0.3 is 0 Å². The number of benzene rings is 1. The minimum Gasteiger partial charge on any atom is -0.298 e. The molecular weight excluding hydrogens is 220 g/mol. The zero-order chi connectivity index (χ0) is 11.5. The molecule has 0 aliphatic heterocycles. The first-order valence-corrected chi connectivity index (χ1v) is 5.82. The standard InChI is InChI=1S/C12H12N2OS/c1-8-5-9(2)7-10(6-8)11(15)14-12-13-3-4-16-12/h3-7H,1-2H3,(H,13,14,15). The maximum absolute atomic E-state index is 11.9. The lowest BCUT2D eigenvalue weighted by atomic mass is 10.1. The summed E-state index contributed by atoms with van der Waals surface area (Å²) in [6.07, 6.45) is 1.67. The average Bonchev–Trinajstić information content (AvgIpc) is 2.68. The van der Waals surface area contributed by atoms with Crippen molar-refractivity contribution in [2.24, 2.45) is 0 Å². The molecule has 0 aliphatic rings. The van der Waals surface area contributed by atoms with Crippen molar-refractivity contribution in [3.63, 3.8) is 0 Å². The van der Waals surface area contributed by atoms with Crippen molar-refractivity contribution in [3.05, 3.63) is 46.5 Å². The molecule has 1 heterocycles. The van der Waals surface area contributed by atoms with Crippen molar-refractivity contribution < 1.29 is 4.79 Å². The molecule has 1 aromatic heterocycles. The Morgan fingerprint density at radius 2 is 1.94 bits per heavy atom. The number of nitrogens with zero attached hydrogens (tertiary/aromatic N) is 1. The van der Waals surface area contributed by atoms with Gasteiger partial charge in [-0.3, -0.25) is 10.1 Å². The van der Waals surface area contributed by atoms with E-state index in [1.165, 1.54) is 11.3 Å². The molecule has 0 spiro atoms. The Hall–Kier alpha value is -1.68. The van der Waals surface area contributed by atoms with E-state index in [1.807, 2.05) is 37.4 Å². The highest BCUT2D eigenvalue weighted by molar-refractivity contribution is 7.13. The predicted octanol–water partition coefficient (Wildman–Crippen LogP) is 3.01. The lowest BCUT2D eigenvalue weighted by Gasteiger charge is -2.04. The molecule has 0 saturated carbocycles. The molecule has 3 nitrogen and oxygen atoms in total. The highest BCUT2D eigenvalue weighted by Gasteiger charge is 2.08. The number of hydrogen-bond acceptors (Lipinski definition) is 3. The number of hydrogen-bond donors (Lipinski definition) is 1. The number of amides is 1. The Labute approximate surface area is 98.2 Å². The third-order valence-electron chi connectivity index (χ3n) is 2.14. The molecule has 0 fully saturated rings. The second-order valence-electron chi connectivity index (χ2n) is 3.67. The molecule has 0 radical (unpaired) electrons. The first-order valence-electron chi connectivity index (χ1n) is 4.94. The largest absolute Gasteiger partial charge is 0.298 e. The summed E-state index contributed by atoms with van der Waals surface area (Å²) in [6.45, 7) is 3.96. The van der Waals surface area contributed by atoms with Gasteiger partial charge in [0.05, 0.1) is 0 Å².